The van der Waals surface area contributed by atoms with Gasteiger partial charge in [-0.1, -0.05) is 0 Å². The van der Waals surface area contributed by atoms with E-state index in [2.05, 4.69) is 12.2 Å². The van der Waals surface area contributed by atoms with E-state index in [-0.39, 0.29) is 0 Å². The number of hydrogen-bond acceptors (Lipinski definition) is 4. The van der Waals surface area contributed by atoms with Gasteiger partial charge in [-0.05, 0) is 6.92 Å². The molecule has 0 aromatic carbocycles. The summed E-state index contributed by atoms with van der Waals surface area (Å²) in [4.78, 5) is 0. The lowest BCUT2D eigenvalue weighted by atomic mass is 10.3. The van der Waals surface area contributed by atoms with E-state index in [4.69, 9.17) is 15.2 Å². The van der Waals surface area contributed by atoms with Gasteiger partial charge < -0.3 is 20.5 Å². The van der Waals surface area contributed by atoms with Crippen molar-refractivity contribution in [2.24, 2.45) is 5.73 Å². The SMILES string of the molecule is COCCOCCN[C@@H](C)CN. The summed E-state index contributed by atoms with van der Waals surface area (Å²) in [6.45, 7) is 5.60. The molecule has 3 N–H and O–H groups in total. The molecule has 0 aromatic heterocycles. The van der Waals surface area contributed by atoms with Crippen molar-refractivity contribution < 1.29 is 9.47 Å². The molecule has 0 aliphatic carbocycles. The van der Waals surface area contributed by atoms with Crippen molar-refractivity contribution >= 4 is 0 Å². The third-order valence-electron chi connectivity index (χ3n) is 1.52. The molecule has 0 bridgehead atoms. The molecule has 0 spiro atoms. The number of hydrogen-bond donors (Lipinski definition) is 2. The molecule has 0 aliphatic heterocycles. The number of ether oxygens (including phenoxy) is 2. The Bertz CT molecular complexity index is 91.1. The standard InChI is InChI=1S/C8H20N2O2/c1-8(7-9)10-3-4-12-6-5-11-2/h8,10H,3-7,9H2,1-2H3/t8-/m0/s1. The zero-order chi connectivity index (χ0) is 9.23. The molecule has 0 aromatic rings. The zero-order valence-corrected chi connectivity index (χ0v) is 8.01. The maximum atomic E-state index is 5.41. The highest BCUT2D eigenvalue weighted by Gasteiger charge is 1.95. The summed E-state index contributed by atoms with van der Waals surface area (Å²) in [6.07, 6.45) is 0. The molecule has 0 saturated heterocycles. The van der Waals surface area contributed by atoms with Crippen LogP contribution in [0.3, 0.4) is 0 Å². The van der Waals surface area contributed by atoms with Crippen molar-refractivity contribution in [1.82, 2.24) is 5.32 Å². The Balaban J connectivity index is 2.90. The monoisotopic (exact) mass is 176 g/mol. The van der Waals surface area contributed by atoms with E-state index in [1.54, 1.807) is 7.11 Å². The molecular formula is C8H20N2O2. The molecule has 1 atom stereocenters. The Morgan fingerprint density at radius 2 is 2.08 bits per heavy atom. The van der Waals surface area contributed by atoms with Gasteiger partial charge in [-0.15, -0.1) is 0 Å². The minimum absolute atomic E-state index is 0.371. The second kappa shape index (κ2) is 8.93. The van der Waals surface area contributed by atoms with Crippen LogP contribution in [0, 0.1) is 0 Å². The van der Waals surface area contributed by atoms with Crippen LogP contribution >= 0.6 is 0 Å². The summed E-state index contributed by atoms with van der Waals surface area (Å²) in [7, 11) is 1.66. The van der Waals surface area contributed by atoms with Crippen LogP contribution in [0.2, 0.25) is 0 Å². The molecule has 4 nitrogen and oxygen atoms in total. The number of methoxy groups -OCH3 is 1. The predicted molar refractivity (Wildman–Crippen MR) is 49.2 cm³/mol. The minimum atomic E-state index is 0.371. The van der Waals surface area contributed by atoms with Gasteiger partial charge in [-0.3, -0.25) is 0 Å². The van der Waals surface area contributed by atoms with Gasteiger partial charge in [0.05, 0.1) is 19.8 Å². The van der Waals surface area contributed by atoms with Gasteiger partial charge in [-0.25, -0.2) is 0 Å². The molecule has 12 heavy (non-hydrogen) atoms. The third kappa shape index (κ3) is 7.94. The topological polar surface area (TPSA) is 56.5 Å². The molecule has 0 fully saturated rings. The van der Waals surface area contributed by atoms with E-state index < -0.39 is 0 Å². The first-order chi connectivity index (χ1) is 5.81. The minimum Gasteiger partial charge on any atom is -0.382 e. The lowest BCUT2D eigenvalue weighted by Crippen LogP contribution is -2.35. The summed E-state index contributed by atoms with van der Waals surface area (Å²) in [6, 6.07) is 0.371. The molecule has 0 rings (SSSR count). The summed E-state index contributed by atoms with van der Waals surface area (Å²) in [5.74, 6) is 0. The second-order valence-corrected chi connectivity index (χ2v) is 2.70. The van der Waals surface area contributed by atoms with Crippen LogP contribution in [0.25, 0.3) is 0 Å². The fourth-order valence-corrected chi connectivity index (χ4v) is 0.705. The van der Waals surface area contributed by atoms with Gasteiger partial charge in [0.2, 0.25) is 0 Å². The first kappa shape index (κ1) is 11.8. The fraction of sp³-hybridized carbons (Fsp3) is 1.00. The van der Waals surface area contributed by atoms with Crippen LogP contribution in [0.1, 0.15) is 6.92 Å². The molecule has 0 unspecified atom stereocenters. The third-order valence-corrected chi connectivity index (χ3v) is 1.52. The van der Waals surface area contributed by atoms with Crippen molar-refractivity contribution in [1.29, 1.82) is 0 Å². The Morgan fingerprint density at radius 1 is 1.33 bits per heavy atom. The molecule has 74 valence electrons. The summed E-state index contributed by atoms with van der Waals surface area (Å²) >= 11 is 0. The first-order valence-corrected chi connectivity index (χ1v) is 4.31. The van der Waals surface area contributed by atoms with Gasteiger partial charge in [0.25, 0.3) is 0 Å². The van der Waals surface area contributed by atoms with Crippen LogP contribution in [0.15, 0.2) is 0 Å². The fourth-order valence-electron chi connectivity index (χ4n) is 0.705. The molecule has 0 aliphatic rings. The van der Waals surface area contributed by atoms with Crippen LogP contribution in [-0.2, 0) is 9.47 Å². The number of nitrogens with two attached hydrogens (primary N) is 1. The number of rotatable bonds is 8. The predicted octanol–water partition coefficient (Wildman–Crippen LogP) is -0.414. The van der Waals surface area contributed by atoms with Crippen molar-refractivity contribution in [3.63, 3.8) is 0 Å². The average Bonchev–Trinajstić information content (AvgIpc) is 2.10. The zero-order valence-electron chi connectivity index (χ0n) is 8.01. The van der Waals surface area contributed by atoms with Gasteiger partial charge in [0.1, 0.15) is 0 Å². The van der Waals surface area contributed by atoms with E-state index in [1.807, 2.05) is 0 Å². The van der Waals surface area contributed by atoms with Gasteiger partial charge >= 0.3 is 0 Å². The average molecular weight is 176 g/mol. The Morgan fingerprint density at radius 3 is 2.67 bits per heavy atom. The van der Waals surface area contributed by atoms with Crippen LogP contribution in [0.5, 0.6) is 0 Å². The van der Waals surface area contributed by atoms with Crippen LogP contribution in [0.4, 0.5) is 0 Å². The van der Waals surface area contributed by atoms with Gasteiger partial charge in [0, 0.05) is 26.2 Å². The van der Waals surface area contributed by atoms with E-state index in [0.29, 0.717) is 32.4 Å². The molecular weight excluding hydrogens is 156 g/mol. The maximum absolute atomic E-state index is 5.41. The molecule has 0 radical (unpaired) electrons. The normalized spacial score (nSPS) is 13.2. The van der Waals surface area contributed by atoms with E-state index >= 15 is 0 Å². The number of nitrogens with one attached hydrogen (secondary N) is 1. The highest BCUT2D eigenvalue weighted by Crippen LogP contribution is 1.77. The summed E-state index contributed by atoms with van der Waals surface area (Å²) in [5, 5.41) is 3.22. The maximum Gasteiger partial charge on any atom is 0.0700 e. The largest absolute Gasteiger partial charge is 0.382 e. The van der Waals surface area contributed by atoms with Crippen molar-refractivity contribution in [2.45, 2.75) is 13.0 Å². The molecule has 0 saturated carbocycles. The second-order valence-electron chi connectivity index (χ2n) is 2.70. The highest BCUT2D eigenvalue weighted by atomic mass is 16.5. The Labute approximate surface area is 74.4 Å². The van der Waals surface area contributed by atoms with Crippen LogP contribution in [-0.4, -0.2) is 46.1 Å². The van der Waals surface area contributed by atoms with Crippen LogP contribution < -0.4 is 11.1 Å². The first-order valence-electron chi connectivity index (χ1n) is 4.31. The van der Waals surface area contributed by atoms with Crippen molar-refractivity contribution in [2.75, 3.05) is 40.0 Å². The summed E-state index contributed by atoms with van der Waals surface area (Å²) in [5.41, 5.74) is 5.41. The smallest absolute Gasteiger partial charge is 0.0700 e. The molecule has 0 amide bonds. The Kier molecular flexibility index (Phi) is 8.81. The van der Waals surface area contributed by atoms with Crippen molar-refractivity contribution in [3.8, 4) is 0 Å². The highest BCUT2D eigenvalue weighted by molar-refractivity contribution is 4.59. The van der Waals surface area contributed by atoms with E-state index in [0.717, 1.165) is 6.54 Å². The lowest BCUT2D eigenvalue weighted by Gasteiger charge is -2.10. The van der Waals surface area contributed by atoms with Crippen molar-refractivity contribution in [3.05, 3.63) is 0 Å². The van der Waals surface area contributed by atoms with Gasteiger partial charge in [-0.2, -0.15) is 0 Å². The molecule has 0 heterocycles. The van der Waals surface area contributed by atoms with Gasteiger partial charge in [0.15, 0.2) is 0 Å². The van der Waals surface area contributed by atoms with E-state index in [1.165, 1.54) is 0 Å². The molecule has 4 heteroatoms. The lowest BCUT2D eigenvalue weighted by molar-refractivity contribution is 0.0713. The summed E-state index contributed by atoms with van der Waals surface area (Å²) < 4.78 is 10.1. The van der Waals surface area contributed by atoms with E-state index in [9.17, 15) is 0 Å². The quantitative estimate of drug-likeness (QED) is 0.493. The Hall–Kier alpha value is -0.160.